The van der Waals surface area contributed by atoms with E-state index >= 15 is 4.39 Å². The molecule has 1 aliphatic carbocycles. The standard InChI is InChI=1S/C27H26F4/c1-2-3-17-4-6-18(7-5-17)19-10-12-23(25(28)15-19)20-11-13-24-21(14-20)8-9-22(27(24)31)16-26(29)30/h8-18H,2-7H2,1H3. The molecule has 0 amide bonds. The van der Waals surface area contributed by atoms with Crippen molar-refractivity contribution < 1.29 is 17.6 Å². The first-order valence-electron chi connectivity index (χ1n) is 11.0. The molecule has 0 N–H and O–H groups in total. The van der Waals surface area contributed by atoms with E-state index in [1.165, 1.54) is 37.8 Å². The van der Waals surface area contributed by atoms with Gasteiger partial charge in [0.2, 0.25) is 0 Å². The van der Waals surface area contributed by atoms with E-state index in [0.29, 0.717) is 28.5 Å². The zero-order valence-corrected chi connectivity index (χ0v) is 17.6. The van der Waals surface area contributed by atoms with Gasteiger partial charge in [0.1, 0.15) is 11.6 Å². The number of benzene rings is 3. The minimum absolute atomic E-state index is 0.163. The van der Waals surface area contributed by atoms with E-state index in [-0.39, 0.29) is 16.8 Å². The Hall–Kier alpha value is -2.62. The van der Waals surface area contributed by atoms with Gasteiger partial charge in [-0.15, -0.1) is 0 Å². The maximum absolute atomic E-state index is 15.0. The number of hydrogen-bond acceptors (Lipinski definition) is 0. The molecular weight excluding hydrogens is 400 g/mol. The van der Waals surface area contributed by atoms with Crippen LogP contribution < -0.4 is 0 Å². The fourth-order valence-corrected chi connectivity index (χ4v) is 4.92. The summed E-state index contributed by atoms with van der Waals surface area (Å²) < 4.78 is 54.5. The Morgan fingerprint density at radius 1 is 0.935 bits per heavy atom. The van der Waals surface area contributed by atoms with Crippen LogP contribution in [0.25, 0.3) is 28.0 Å². The smallest absolute Gasteiger partial charge is 0.206 e. The molecule has 0 heterocycles. The molecule has 0 saturated heterocycles. The van der Waals surface area contributed by atoms with E-state index in [1.54, 1.807) is 30.3 Å². The topological polar surface area (TPSA) is 0 Å². The van der Waals surface area contributed by atoms with Crippen molar-refractivity contribution in [1.82, 2.24) is 0 Å². The lowest BCUT2D eigenvalue weighted by Gasteiger charge is -2.28. The summed E-state index contributed by atoms with van der Waals surface area (Å²) >= 11 is 0. The number of hydrogen-bond donors (Lipinski definition) is 0. The third-order valence-electron chi connectivity index (χ3n) is 6.57. The van der Waals surface area contributed by atoms with Gasteiger partial charge in [0.25, 0.3) is 6.08 Å². The molecule has 4 heteroatoms. The summed E-state index contributed by atoms with van der Waals surface area (Å²) in [6, 6.07) is 13.2. The molecule has 3 aromatic carbocycles. The minimum Gasteiger partial charge on any atom is -0.206 e. The van der Waals surface area contributed by atoms with E-state index in [1.807, 2.05) is 6.07 Å². The summed E-state index contributed by atoms with van der Waals surface area (Å²) in [7, 11) is 0. The van der Waals surface area contributed by atoms with Gasteiger partial charge >= 0.3 is 0 Å². The lowest BCUT2D eigenvalue weighted by Crippen LogP contribution is -2.13. The van der Waals surface area contributed by atoms with Crippen LogP contribution in [0.3, 0.4) is 0 Å². The molecule has 3 aromatic rings. The molecule has 0 nitrogen and oxygen atoms in total. The summed E-state index contributed by atoms with van der Waals surface area (Å²) in [5.41, 5.74) is 1.99. The predicted molar refractivity (Wildman–Crippen MR) is 119 cm³/mol. The normalized spacial score (nSPS) is 18.9. The Balaban J connectivity index is 1.59. The van der Waals surface area contributed by atoms with Gasteiger partial charge in [-0.1, -0.05) is 56.2 Å². The molecule has 0 aliphatic heterocycles. The maximum atomic E-state index is 15.0. The van der Waals surface area contributed by atoms with Crippen molar-refractivity contribution in [2.24, 2.45) is 5.92 Å². The van der Waals surface area contributed by atoms with Crippen LogP contribution in [0.15, 0.2) is 54.6 Å². The molecular formula is C27H26F4. The minimum atomic E-state index is -1.95. The molecule has 0 bridgehead atoms. The van der Waals surface area contributed by atoms with E-state index in [2.05, 4.69) is 6.92 Å². The molecule has 162 valence electrons. The Morgan fingerprint density at radius 2 is 1.71 bits per heavy atom. The van der Waals surface area contributed by atoms with Gasteiger partial charge in [-0.3, -0.25) is 0 Å². The van der Waals surface area contributed by atoms with Crippen molar-refractivity contribution in [3.05, 3.63) is 77.4 Å². The van der Waals surface area contributed by atoms with Gasteiger partial charge in [-0.25, -0.2) is 8.78 Å². The van der Waals surface area contributed by atoms with Gasteiger partial charge in [0, 0.05) is 22.6 Å². The van der Waals surface area contributed by atoms with Crippen molar-refractivity contribution in [2.45, 2.75) is 51.4 Å². The Morgan fingerprint density at radius 3 is 2.39 bits per heavy atom. The summed E-state index contributed by atoms with van der Waals surface area (Å²) in [5, 5.41) is 0.781. The lowest BCUT2D eigenvalue weighted by atomic mass is 9.77. The highest BCUT2D eigenvalue weighted by Gasteiger charge is 2.22. The number of fused-ring (bicyclic) bond motifs is 1. The number of halogens is 4. The molecule has 1 saturated carbocycles. The molecule has 0 unspecified atom stereocenters. The summed E-state index contributed by atoms with van der Waals surface area (Å²) in [6.07, 6.45) is 5.70. The second-order valence-electron chi connectivity index (χ2n) is 8.58. The molecule has 1 fully saturated rings. The summed E-state index contributed by atoms with van der Waals surface area (Å²) in [5.74, 6) is 0.226. The fraction of sp³-hybridized carbons (Fsp3) is 0.333. The SMILES string of the molecule is CCCC1CCC(c2ccc(-c3ccc4c(F)c(C=C(F)F)ccc4c3)c(F)c2)CC1. The third-order valence-corrected chi connectivity index (χ3v) is 6.57. The van der Waals surface area contributed by atoms with Crippen molar-refractivity contribution >= 4 is 16.8 Å². The van der Waals surface area contributed by atoms with Crippen LogP contribution in [-0.2, 0) is 0 Å². The second kappa shape index (κ2) is 9.25. The van der Waals surface area contributed by atoms with Gasteiger partial charge in [-0.05, 0) is 66.2 Å². The lowest BCUT2D eigenvalue weighted by molar-refractivity contribution is 0.308. The van der Waals surface area contributed by atoms with Crippen molar-refractivity contribution in [3.8, 4) is 11.1 Å². The first kappa shape index (κ1) is 21.6. The van der Waals surface area contributed by atoms with Crippen molar-refractivity contribution in [3.63, 3.8) is 0 Å². The van der Waals surface area contributed by atoms with Crippen LogP contribution in [0, 0.1) is 17.6 Å². The van der Waals surface area contributed by atoms with Gasteiger partial charge in [0.05, 0.1) is 0 Å². The van der Waals surface area contributed by atoms with Crippen LogP contribution in [0.5, 0.6) is 0 Å². The highest BCUT2D eigenvalue weighted by atomic mass is 19.3. The van der Waals surface area contributed by atoms with Gasteiger partial charge < -0.3 is 0 Å². The monoisotopic (exact) mass is 426 g/mol. The molecule has 31 heavy (non-hydrogen) atoms. The van der Waals surface area contributed by atoms with Gasteiger partial charge in [0.15, 0.2) is 0 Å². The molecule has 0 spiro atoms. The predicted octanol–water partition coefficient (Wildman–Crippen LogP) is 9.10. The molecule has 0 aromatic heterocycles. The average molecular weight is 426 g/mol. The fourth-order valence-electron chi connectivity index (χ4n) is 4.92. The van der Waals surface area contributed by atoms with Crippen molar-refractivity contribution in [2.75, 3.05) is 0 Å². The largest absolute Gasteiger partial charge is 0.271 e. The molecule has 0 atom stereocenters. The second-order valence-corrected chi connectivity index (χ2v) is 8.58. The quantitative estimate of drug-likeness (QED) is 0.357. The van der Waals surface area contributed by atoms with E-state index in [0.717, 1.165) is 24.3 Å². The number of rotatable bonds is 5. The van der Waals surface area contributed by atoms with Crippen LogP contribution >= 0.6 is 0 Å². The average Bonchev–Trinajstić information content (AvgIpc) is 2.76. The third kappa shape index (κ3) is 4.68. The van der Waals surface area contributed by atoms with Crippen LogP contribution in [0.2, 0.25) is 0 Å². The zero-order chi connectivity index (χ0) is 22.0. The molecule has 4 rings (SSSR count). The summed E-state index contributed by atoms with van der Waals surface area (Å²) in [4.78, 5) is 0. The van der Waals surface area contributed by atoms with Crippen LogP contribution in [-0.4, -0.2) is 0 Å². The Labute approximate surface area is 180 Å². The van der Waals surface area contributed by atoms with Crippen molar-refractivity contribution in [1.29, 1.82) is 0 Å². The highest BCUT2D eigenvalue weighted by Crippen LogP contribution is 2.39. The Kier molecular flexibility index (Phi) is 6.45. The van der Waals surface area contributed by atoms with Crippen LogP contribution in [0.1, 0.15) is 62.5 Å². The van der Waals surface area contributed by atoms with E-state index in [9.17, 15) is 13.2 Å². The summed E-state index contributed by atoms with van der Waals surface area (Å²) in [6.45, 7) is 2.22. The highest BCUT2D eigenvalue weighted by molar-refractivity contribution is 5.89. The van der Waals surface area contributed by atoms with Crippen LogP contribution in [0.4, 0.5) is 17.6 Å². The zero-order valence-electron chi connectivity index (χ0n) is 17.6. The van der Waals surface area contributed by atoms with Gasteiger partial charge in [-0.2, -0.15) is 8.78 Å². The van der Waals surface area contributed by atoms with E-state index < -0.39 is 11.9 Å². The first-order chi connectivity index (χ1) is 15.0. The molecule has 0 radical (unpaired) electrons. The first-order valence-corrected chi connectivity index (χ1v) is 11.0. The molecule has 1 aliphatic rings. The maximum Gasteiger partial charge on any atom is 0.271 e. The van der Waals surface area contributed by atoms with E-state index in [4.69, 9.17) is 0 Å². The Bertz CT molecular complexity index is 1100.